The number of anilines is 1. The molecular formula is C11H14N2O2. The van der Waals surface area contributed by atoms with Crippen LogP contribution >= 0.6 is 0 Å². The van der Waals surface area contributed by atoms with E-state index in [0.717, 1.165) is 0 Å². The first kappa shape index (κ1) is 11.3. The van der Waals surface area contributed by atoms with Crippen molar-refractivity contribution in [3.05, 3.63) is 35.9 Å². The predicted octanol–water partition coefficient (Wildman–Crippen LogP) is 1.37. The number of phenols is 1. The smallest absolute Gasteiger partial charge is 0.248 e. The van der Waals surface area contributed by atoms with Crippen LogP contribution in [0.5, 0.6) is 5.75 Å². The average Bonchev–Trinajstić information content (AvgIpc) is 2.21. The van der Waals surface area contributed by atoms with Gasteiger partial charge in [0, 0.05) is 17.8 Å². The van der Waals surface area contributed by atoms with Crippen molar-refractivity contribution in [3.8, 4) is 5.75 Å². The molecule has 0 atom stereocenters. The fourth-order valence-electron chi connectivity index (χ4n) is 1.16. The maximum Gasteiger partial charge on any atom is 0.248 e. The Hall–Kier alpha value is -1.81. The van der Waals surface area contributed by atoms with Crippen LogP contribution in [-0.4, -0.2) is 11.0 Å². The van der Waals surface area contributed by atoms with Crippen LogP contribution in [-0.2, 0) is 11.3 Å². The quantitative estimate of drug-likeness (QED) is 0.516. The van der Waals surface area contributed by atoms with Gasteiger partial charge in [-0.2, -0.15) is 0 Å². The normalized spacial score (nSPS) is 10.5. The Kier molecular flexibility index (Phi) is 3.88. The van der Waals surface area contributed by atoms with E-state index < -0.39 is 0 Å². The maximum absolute atomic E-state index is 11.2. The van der Waals surface area contributed by atoms with Crippen LogP contribution in [0.4, 0.5) is 5.69 Å². The number of amides is 1. The third kappa shape index (κ3) is 3.11. The highest BCUT2D eigenvalue weighted by Gasteiger charge is 2.02. The third-order valence-electron chi connectivity index (χ3n) is 1.88. The molecule has 4 N–H and O–H groups in total. The Bertz CT molecular complexity index is 386. The van der Waals surface area contributed by atoms with Gasteiger partial charge in [0.05, 0.1) is 0 Å². The molecule has 0 saturated carbocycles. The molecule has 0 saturated heterocycles. The minimum Gasteiger partial charge on any atom is -0.508 e. The summed E-state index contributed by atoms with van der Waals surface area (Å²) in [5.41, 5.74) is 6.65. The highest BCUT2D eigenvalue weighted by Crippen LogP contribution is 2.20. The van der Waals surface area contributed by atoms with Crippen molar-refractivity contribution in [1.29, 1.82) is 0 Å². The van der Waals surface area contributed by atoms with Crippen LogP contribution < -0.4 is 11.1 Å². The lowest BCUT2D eigenvalue weighted by Gasteiger charge is -2.06. The van der Waals surface area contributed by atoms with Gasteiger partial charge < -0.3 is 16.2 Å². The summed E-state index contributed by atoms with van der Waals surface area (Å²) in [6.45, 7) is 2.00. The summed E-state index contributed by atoms with van der Waals surface area (Å²) >= 11 is 0. The molecule has 15 heavy (non-hydrogen) atoms. The lowest BCUT2D eigenvalue weighted by Crippen LogP contribution is -2.08. The largest absolute Gasteiger partial charge is 0.508 e. The number of hydrogen-bond donors (Lipinski definition) is 3. The van der Waals surface area contributed by atoms with Crippen LogP contribution in [0.1, 0.15) is 12.5 Å². The Balaban J connectivity index is 2.83. The number of rotatable bonds is 3. The van der Waals surface area contributed by atoms with Gasteiger partial charge in [0.25, 0.3) is 0 Å². The lowest BCUT2D eigenvalue weighted by molar-refractivity contribution is -0.111. The molecule has 1 aromatic carbocycles. The first-order valence-corrected chi connectivity index (χ1v) is 4.63. The number of phenolic OH excluding ortho intramolecular Hbond substituents is 1. The highest BCUT2D eigenvalue weighted by molar-refractivity contribution is 5.99. The zero-order valence-electron chi connectivity index (χ0n) is 8.53. The van der Waals surface area contributed by atoms with Crippen LogP contribution in [0, 0.1) is 0 Å². The molecule has 1 amide bonds. The van der Waals surface area contributed by atoms with Gasteiger partial charge in [0.2, 0.25) is 5.91 Å². The number of allylic oxidation sites excluding steroid dienone is 1. The molecule has 0 aliphatic rings. The minimum atomic E-state index is -0.203. The Morgan fingerprint density at radius 1 is 1.60 bits per heavy atom. The number of nitrogens with one attached hydrogen (secondary N) is 1. The van der Waals surface area contributed by atoms with Crippen LogP contribution in [0.3, 0.4) is 0 Å². The third-order valence-corrected chi connectivity index (χ3v) is 1.88. The van der Waals surface area contributed by atoms with E-state index in [2.05, 4.69) is 5.32 Å². The molecule has 4 heteroatoms. The maximum atomic E-state index is 11.2. The zero-order valence-corrected chi connectivity index (χ0v) is 8.53. The van der Waals surface area contributed by atoms with E-state index >= 15 is 0 Å². The summed E-state index contributed by atoms with van der Waals surface area (Å²) in [6, 6.07) is 4.78. The topological polar surface area (TPSA) is 75.3 Å². The number of nitrogens with two attached hydrogens (primary N) is 1. The molecule has 1 aromatic rings. The second kappa shape index (κ2) is 5.17. The summed E-state index contributed by atoms with van der Waals surface area (Å²) in [5.74, 6) is -0.0623. The Labute approximate surface area is 88.4 Å². The second-order valence-corrected chi connectivity index (χ2v) is 3.04. The van der Waals surface area contributed by atoms with Gasteiger partial charge >= 0.3 is 0 Å². The number of hydrogen-bond acceptors (Lipinski definition) is 3. The van der Waals surface area contributed by atoms with E-state index in [0.29, 0.717) is 11.3 Å². The summed E-state index contributed by atoms with van der Waals surface area (Å²) in [7, 11) is 0. The Morgan fingerprint density at radius 2 is 2.33 bits per heavy atom. The van der Waals surface area contributed by atoms with E-state index in [1.54, 1.807) is 25.1 Å². The molecule has 80 valence electrons. The molecule has 0 aromatic heterocycles. The van der Waals surface area contributed by atoms with Gasteiger partial charge in [-0.05, 0) is 31.2 Å². The van der Waals surface area contributed by atoms with Crippen LogP contribution in [0.25, 0.3) is 0 Å². The molecule has 0 fully saturated rings. The second-order valence-electron chi connectivity index (χ2n) is 3.04. The van der Waals surface area contributed by atoms with Crippen molar-refractivity contribution >= 4 is 11.6 Å². The van der Waals surface area contributed by atoms with Gasteiger partial charge in [-0.3, -0.25) is 4.79 Å². The Morgan fingerprint density at radius 3 is 2.93 bits per heavy atom. The van der Waals surface area contributed by atoms with E-state index in [1.165, 1.54) is 12.1 Å². The SMILES string of the molecule is C/C=C/C(=O)Nc1ccc(O)c(CN)c1. The van der Waals surface area contributed by atoms with Crippen LogP contribution in [0.2, 0.25) is 0 Å². The molecule has 1 rings (SSSR count). The first-order chi connectivity index (χ1) is 7.17. The molecule has 0 spiro atoms. The van der Waals surface area contributed by atoms with Crippen molar-refractivity contribution in [2.45, 2.75) is 13.5 Å². The molecular weight excluding hydrogens is 192 g/mol. The van der Waals surface area contributed by atoms with Crippen molar-refractivity contribution in [2.75, 3.05) is 5.32 Å². The zero-order chi connectivity index (χ0) is 11.3. The van der Waals surface area contributed by atoms with Gasteiger partial charge in [0.15, 0.2) is 0 Å². The van der Waals surface area contributed by atoms with Gasteiger partial charge in [-0.15, -0.1) is 0 Å². The van der Waals surface area contributed by atoms with Crippen molar-refractivity contribution in [2.24, 2.45) is 5.73 Å². The van der Waals surface area contributed by atoms with E-state index in [9.17, 15) is 9.90 Å². The average molecular weight is 206 g/mol. The summed E-state index contributed by atoms with van der Waals surface area (Å²) in [5, 5.41) is 12.0. The highest BCUT2D eigenvalue weighted by atomic mass is 16.3. The standard InChI is InChI=1S/C11H14N2O2/c1-2-3-11(15)13-9-4-5-10(14)8(6-9)7-12/h2-6,14H,7,12H2,1H3,(H,13,15)/b3-2+. The lowest BCUT2D eigenvalue weighted by atomic mass is 10.2. The van der Waals surface area contributed by atoms with Crippen molar-refractivity contribution in [3.63, 3.8) is 0 Å². The van der Waals surface area contributed by atoms with E-state index in [4.69, 9.17) is 5.73 Å². The van der Waals surface area contributed by atoms with Gasteiger partial charge in [-0.1, -0.05) is 6.08 Å². The summed E-state index contributed by atoms with van der Waals surface area (Å²) in [6.07, 6.45) is 3.08. The number of aromatic hydroxyl groups is 1. The number of benzene rings is 1. The van der Waals surface area contributed by atoms with Gasteiger partial charge in [0.1, 0.15) is 5.75 Å². The van der Waals surface area contributed by atoms with Crippen molar-refractivity contribution < 1.29 is 9.90 Å². The monoisotopic (exact) mass is 206 g/mol. The number of carbonyl (C=O) groups is 1. The molecule has 4 nitrogen and oxygen atoms in total. The fourth-order valence-corrected chi connectivity index (χ4v) is 1.16. The molecule has 0 bridgehead atoms. The van der Waals surface area contributed by atoms with E-state index in [1.807, 2.05) is 0 Å². The summed E-state index contributed by atoms with van der Waals surface area (Å²) in [4.78, 5) is 11.2. The van der Waals surface area contributed by atoms with Crippen LogP contribution in [0.15, 0.2) is 30.4 Å². The minimum absolute atomic E-state index is 0.140. The predicted molar refractivity (Wildman–Crippen MR) is 59.4 cm³/mol. The van der Waals surface area contributed by atoms with E-state index in [-0.39, 0.29) is 18.2 Å². The molecule has 0 heterocycles. The molecule has 0 aliphatic carbocycles. The number of carbonyl (C=O) groups excluding carboxylic acids is 1. The molecule has 0 radical (unpaired) electrons. The van der Waals surface area contributed by atoms with Gasteiger partial charge in [-0.25, -0.2) is 0 Å². The first-order valence-electron chi connectivity index (χ1n) is 4.63. The summed E-state index contributed by atoms with van der Waals surface area (Å²) < 4.78 is 0. The fraction of sp³-hybridized carbons (Fsp3) is 0.182. The van der Waals surface area contributed by atoms with Crippen molar-refractivity contribution in [1.82, 2.24) is 0 Å². The molecule has 0 unspecified atom stereocenters. The molecule has 0 aliphatic heterocycles.